The number of thiazole rings is 1. The lowest BCUT2D eigenvalue weighted by atomic mass is 9.93. The molecule has 0 aliphatic heterocycles. The van der Waals surface area contributed by atoms with Crippen molar-refractivity contribution in [3.05, 3.63) is 33.6 Å². The fraction of sp³-hybridized carbons (Fsp3) is 0.417. The molecule has 0 saturated carbocycles. The van der Waals surface area contributed by atoms with Crippen molar-refractivity contribution in [1.82, 2.24) is 15.0 Å². The Morgan fingerprint density at radius 2 is 2.17 bits per heavy atom. The normalized spacial score (nSPS) is 11.6. The van der Waals surface area contributed by atoms with E-state index >= 15 is 0 Å². The van der Waals surface area contributed by atoms with Gasteiger partial charge in [0.25, 0.3) is 0 Å². The van der Waals surface area contributed by atoms with Crippen LogP contribution in [0.15, 0.2) is 17.9 Å². The van der Waals surface area contributed by atoms with E-state index in [0.717, 1.165) is 10.7 Å². The summed E-state index contributed by atoms with van der Waals surface area (Å²) in [5, 5.41) is 6.80. The number of rotatable bonds is 3. The number of halogens is 1. The molecule has 0 unspecified atom stereocenters. The summed E-state index contributed by atoms with van der Waals surface area (Å²) in [4.78, 5) is 12.5. The fourth-order valence-electron chi connectivity index (χ4n) is 1.34. The molecule has 0 atom stereocenters. The highest BCUT2D eigenvalue weighted by Gasteiger charge is 2.17. The molecule has 0 saturated heterocycles. The minimum absolute atomic E-state index is 0.0846. The van der Waals surface area contributed by atoms with Crippen molar-refractivity contribution in [3.63, 3.8) is 0 Å². The average molecular weight is 283 g/mol. The maximum absolute atomic E-state index is 5.96. The van der Waals surface area contributed by atoms with Gasteiger partial charge in [0.1, 0.15) is 22.2 Å². The van der Waals surface area contributed by atoms with Gasteiger partial charge in [-0.05, 0) is 0 Å². The third kappa shape index (κ3) is 3.17. The molecule has 96 valence electrons. The molecule has 0 amide bonds. The zero-order valence-electron chi connectivity index (χ0n) is 10.6. The molecule has 0 aliphatic carbocycles. The van der Waals surface area contributed by atoms with Gasteiger partial charge in [-0.3, -0.25) is 0 Å². The molecule has 0 bridgehead atoms. The molecule has 4 nitrogen and oxygen atoms in total. The Hall–Kier alpha value is -1.20. The van der Waals surface area contributed by atoms with Gasteiger partial charge < -0.3 is 5.32 Å². The topological polar surface area (TPSA) is 50.7 Å². The van der Waals surface area contributed by atoms with E-state index in [1.54, 1.807) is 17.5 Å². The standard InChI is InChI=1S/C12H15ClN4S/c1-12(2,3)9-6-18-10(17-9)5-15-11-8(13)4-14-7-16-11/h4,6-7H,5H2,1-3H3,(H,14,15,16). The second-order valence-corrected chi connectivity index (χ2v) is 6.30. The summed E-state index contributed by atoms with van der Waals surface area (Å²) in [6.45, 7) is 7.08. The highest BCUT2D eigenvalue weighted by molar-refractivity contribution is 7.09. The Kier molecular flexibility index (Phi) is 3.82. The molecule has 6 heteroatoms. The summed E-state index contributed by atoms with van der Waals surface area (Å²) in [7, 11) is 0. The molecule has 18 heavy (non-hydrogen) atoms. The van der Waals surface area contributed by atoms with Crippen LogP contribution in [0.4, 0.5) is 5.82 Å². The molecular weight excluding hydrogens is 268 g/mol. The first-order valence-corrected chi connectivity index (χ1v) is 6.87. The van der Waals surface area contributed by atoms with Crippen molar-refractivity contribution in [2.75, 3.05) is 5.32 Å². The van der Waals surface area contributed by atoms with Gasteiger partial charge in [-0.1, -0.05) is 32.4 Å². The van der Waals surface area contributed by atoms with E-state index in [1.807, 2.05) is 0 Å². The molecule has 1 N–H and O–H groups in total. The molecule has 2 aromatic rings. The van der Waals surface area contributed by atoms with Gasteiger partial charge in [-0.15, -0.1) is 11.3 Å². The summed E-state index contributed by atoms with van der Waals surface area (Å²) in [5.41, 5.74) is 1.19. The Morgan fingerprint density at radius 3 is 2.78 bits per heavy atom. The van der Waals surface area contributed by atoms with Gasteiger partial charge in [0.15, 0.2) is 0 Å². The van der Waals surface area contributed by atoms with Crippen LogP contribution in [0.1, 0.15) is 31.5 Å². The zero-order chi connectivity index (χ0) is 13.2. The lowest BCUT2D eigenvalue weighted by molar-refractivity contribution is 0.571. The van der Waals surface area contributed by atoms with Crippen molar-refractivity contribution in [2.24, 2.45) is 0 Å². The summed E-state index contributed by atoms with van der Waals surface area (Å²) < 4.78 is 0. The van der Waals surface area contributed by atoms with E-state index in [2.05, 4.69) is 46.4 Å². The quantitative estimate of drug-likeness (QED) is 0.936. The SMILES string of the molecule is CC(C)(C)c1csc(CNc2ncncc2Cl)n1. The molecule has 2 aromatic heterocycles. The number of aromatic nitrogens is 3. The Bertz CT molecular complexity index is 533. The Morgan fingerprint density at radius 1 is 1.39 bits per heavy atom. The van der Waals surface area contributed by atoms with Gasteiger partial charge in [-0.2, -0.15) is 0 Å². The van der Waals surface area contributed by atoms with Crippen molar-refractivity contribution in [2.45, 2.75) is 32.7 Å². The maximum atomic E-state index is 5.96. The number of nitrogens with zero attached hydrogens (tertiary/aromatic N) is 3. The first-order valence-electron chi connectivity index (χ1n) is 5.61. The predicted octanol–water partition coefficient (Wildman–Crippen LogP) is 3.50. The lowest BCUT2D eigenvalue weighted by Gasteiger charge is -2.14. The first kappa shape index (κ1) is 13.2. The fourth-order valence-corrected chi connectivity index (χ4v) is 2.47. The molecule has 2 rings (SSSR count). The third-order valence-electron chi connectivity index (χ3n) is 2.39. The van der Waals surface area contributed by atoms with E-state index in [1.165, 1.54) is 6.33 Å². The van der Waals surface area contributed by atoms with Crippen molar-refractivity contribution in [1.29, 1.82) is 0 Å². The molecule has 0 aliphatic rings. The number of hydrogen-bond donors (Lipinski definition) is 1. The minimum Gasteiger partial charge on any atom is -0.362 e. The molecule has 2 heterocycles. The van der Waals surface area contributed by atoms with Crippen LogP contribution in [0.25, 0.3) is 0 Å². The molecular formula is C12H15ClN4S. The van der Waals surface area contributed by atoms with E-state index in [0.29, 0.717) is 17.4 Å². The summed E-state index contributed by atoms with van der Waals surface area (Å²) in [5.74, 6) is 0.638. The van der Waals surface area contributed by atoms with Crippen LogP contribution in [-0.4, -0.2) is 15.0 Å². The molecule has 0 spiro atoms. The smallest absolute Gasteiger partial charge is 0.148 e. The summed E-state index contributed by atoms with van der Waals surface area (Å²) >= 11 is 7.61. The van der Waals surface area contributed by atoms with E-state index in [4.69, 9.17) is 11.6 Å². The van der Waals surface area contributed by atoms with Crippen molar-refractivity contribution < 1.29 is 0 Å². The Labute approximate surface area is 115 Å². The molecule has 0 fully saturated rings. The van der Waals surface area contributed by atoms with Gasteiger partial charge in [-0.25, -0.2) is 15.0 Å². The zero-order valence-corrected chi connectivity index (χ0v) is 12.1. The third-order valence-corrected chi connectivity index (χ3v) is 3.52. The number of nitrogens with one attached hydrogen (secondary N) is 1. The van der Waals surface area contributed by atoms with Gasteiger partial charge >= 0.3 is 0 Å². The van der Waals surface area contributed by atoms with Crippen LogP contribution >= 0.6 is 22.9 Å². The Balaban J connectivity index is 2.03. The molecule has 0 radical (unpaired) electrons. The van der Waals surface area contributed by atoms with Crippen LogP contribution in [-0.2, 0) is 12.0 Å². The van der Waals surface area contributed by atoms with Gasteiger partial charge in [0.2, 0.25) is 0 Å². The van der Waals surface area contributed by atoms with Crippen molar-refractivity contribution >= 4 is 28.8 Å². The first-order chi connectivity index (χ1) is 8.47. The maximum Gasteiger partial charge on any atom is 0.148 e. The van der Waals surface area contributed by atoms with Crippen LogP contribution in [0.2, 0.25) is 5.02 Å². The monoisotopic (exact) mass is 282 g/mol. The van der Waals surface area contributed by atoms with Gasteiger partial charge in [0.05, 0.1) is 18.4 Å². The lowest BCUT2D eigenvalue weighted by Crippen LogP contribution is -2.12. The van der Waals surface area contributed by atoms with E-state index < -0.39 is 0 Å². The van der Waals surface area contributed by atoms with Crippen LogP contribution in [0.5, 0.6) is 0 Å². The van der Waals surface area contributed by atoms with Crippen molar-refractivity contribution in [3.8, 4) is 0 Å². The van der Waals surface area contributed by atoms with Gasteiger partial charge in [0, 0.05) is 10.8 Å². The highest BCUT2D eigenvalue weighted by Crippen LogP contribution is 2.24. The number of hydrogen-bond acceptors (Lipinski definition) is 5. The average Bonchev–Trinajstić information content (AvgIpc) is 2.76. The van der Waals surface area contributed by atoms with Crippen LogP contribution < -0.4 is 5.32 Å². The largest absolute Gasteiger partial charge is 0.362 e. The highest BCUT2D eigenvalue weighted by atomic mass is 35.5. The minimum atomic E-state index is 0.0846. The predicted molar refractivity (Wildman–Crippen MR) is 75.2 cm³/mol. The van der Waals surface area contributed by atoms with E-state index in [9.17, 15) is 0 Å². The van der Waals surface area contributed by atoms with Crippen LogP contribution in [0.3, 0.4) is 0 Å². The second kappa shape index (κ2) is 5.20. The van der Waals surface area contributed by atoms with Crippen LogP contribution in [0, 0.1) is 0 Å². The number of anilines is 1. The van der Waals surface area contributed by atoms with E-state index in [-0.39, 0.29) is 5.41 Å². The summed E-state index contributed by atoms with van der Waals surface area (Å²) in [6.07, 6.45) is 3.04. The summed E-state index contributed by atoms with van der Waals surface area (Å²) in [6, 6.07) is 0. The molecule has 0 aromatic carbocycles. The second-order valence-electron chi connectivity index (χ2n) is 4.95.